The Balaban J connectivity index is 1.90. The molecule has 2 aromatic rings. The molecule has 1 aliphatic rings. The highest BCUT2D eigenvalue weighted by atomic mass is 35.5. The largest absolute Gasteiger partial charge is 0.489 e. The zero-order valence-corrected chi connectivity index (χ0v) is 14.7. The molecule has 0 radical (unpaired) electrons. The first-order valence-corrected chi connectivity index (χ1v) is 9.48. The maximum Gasteiger partial charge on any atom is 0.284 e. The number of ether oxygens (including phenoxy) is 1. The van der Waals surface area contributed by atoms with Crippen LogP contribution >= 0.6 is 22.9 Å². The molecule has 9 heteroatoms. The Morgan fingerprint density at radius 3 is 2.87 bits per heavy atom. The van der Waals surface area contributed by atoms with Gasteiger partial charge in [-0.2, -0.15) is 0 Å². The summed E-state index contributed by atoms with van der Waals surface area (Å²) in [4.78, 5) is 15.9. The number of hydrogen-bond acceptors (Lipinski definition) is 6. The maximum absolute atomic E-state index is 12.4. The van der Waals surface area contributed by atoms with Crippen LogP contribution < -0.4 is 9.46 Å². The molecule has 0 aliphatic carbocycles. The Labute approximate surface area is 142 Å². The van der Waals surface area contributed by atoms with E-state index in [1.54, 1.807) is 6.92 Å². The third-order valence-corrected chi connectivity index (χ3v) is 5.67. The Kier molecular flexibility index (Phi) is 4.07. The summed E-state index contributed by atoms with van der Waals surface area (Å²) in [6.07, 6.45) is 0.505. The van der Waals surface area contributed by atoms with E-state index in [4.69, 9.17) is 16.3 Å². The van der Waals surface area contributed by atoms with Gasteiger partial charge in [-0.3, -0.25) is 4.79 Å². The van der Waals surface area contributed by atoms with Crippen LogP contribution in [0.25, 0.3) is 0 Å². The van der Waals surface area contributed by atoms with Crippen molar-refractivity contribution in [3.8, 4) is 5.75 Å². The number of sulfonamides is 1. The van der Waals surface area contributed by atoms with Gasteiger partial charge in [0, 0.05) is 17.4 Å². The minimum absolute atomic E-state index is 0.0620. The summed E-state index contributed by atoms with van der Waals surface area (Å²) in [5.74, 6) is -0.268. The normalized spacial score (nSPS) is 16.7. The summed E-state index contributed by atoms with van der Waals surface area (Å²) in [5, 5.41) is 2.40. The summed E-state index contributed by atoms with van der Waals surface area (Å²) in [5.41, 5.74) is 0.780. The van der Waals surface area contributed by atoms with Gasteiger partial charge in [0.25, 0.3) is 15.9 Å². The number of nitrogens with zero attached hydrogens (tertiary/aromatic N) is 1. The molecule has 6 nitrogen and oxygen atoms in total. The van der Waals surface area contributed by atoms with Gasteiger partial charge in [0.1, 0.15) is 17.5 Å². The number of hydrogen-bond donors (Lipinski definition) is 1. The van der Waals surface area contributed by atoms with Crippen LogP contribution in [0.5, 0.6) is 5.75 Å². The van der Waals surface area contributed by atoms with E-state index in [1.807, 2.05) is 11.6 Å². The summed E-state index contributed by atoms with van der Waals surface area (Å²) in [6, 6.07) is 2.76. The van der Waals surface area contributed by atoms with Crippen molar-refractivity contribution in [2.45, 2.75) is 31.3 Å². The molecular formula is C14H13ClN2O4S2. The SMILES string of the molecule is Cc1nc(C(=O)NS(=O)(=O)c2cc(Cl)c3c(c2)CC(C)O3)cs1. The molecule has 1 atom stereocenters. The number of nitrogens with one attached hydrogen (secondary N) is 1. The number of aryl methyl sites for hydroxylation is 1. The monoisotopic (exact) mass is 372 g/mol. The summed E-state index contributed by atoms with van der Waals surface area (Å²) in [7, 11) is -4.03. The number of carbonyl (C=O) groups excluding carboxylic acids is 1. The average molecular weight is 373 g/mol. The highest BCUT2D eigenvalue weighted by Crippen LogP contribution is 2.37. The summed E-state index contributed by atoms with van der Waals surface area (Å²) >= 11 is 7.36. The average Bonchev–Trinajstić information content (AvgIpc) is 3.03. The molecule has 0 saturated carbocycles. The van der Waals surface area contributed by atoms with Crippen LogP contribution in [0.15, 0.2) is 22.4 Å². The molecule has 1 aromatic carbocycles. The van der Waals surface area contributed by atoms with E-state index in [0.29, 0.717) is 22.7 Å². The van der Waals surface area contributed by atoms with Crippen molar-refractivity contribution in [1.29, 1.82) is 0 Å². The van der Waals surface area contributed by atoms with Gasteiger partial charge in [-0.25, -0.2) is 18.1 Å². The lowest BCUT2D eigenvalue weighted by atomic mass is 10.1. The molecule has 1 aromatic heterocycles. The van der Waals surface area contributed by atoms with Gasteiger partial charge in [-0.05, 0) is 26.0 Å². The summed E-state index contributed by atoms with van der Waals surface area (Å²) in [6.45, 7) is 3.61. The van der Waals surface area contributed by atoms with Gasteiger partial charge in [0.15, 0.2) is 0 Å². The second-order valence-electron chi connectivity index (χ2n) is 5.21. The van der Waals surface area contributed by atoms with Crippen molar-refractivity contribution in [2.75, 3.05) is 0 Å². The predicted molar refractivity (Wildman–Crippen MR) is 86.7 cm³/mol. The number of thiazole rings is 1. The molecule has 1 amide bonds. The predicted octanol–water partition coefficient (Wildman–Crippen LogP) is 2.55. The second kappa shape index (κ2) is 5.77. The topological polar surface area (TPSA) is 85.4 Å². The maximum atomic E-state index is 12.4. The highest BCUT2D eigenvalue weighted by Gasteiger charge is 2.27. The van der Waals surface area contributed by atoms with Crippen LogP contribution in [0.4, 0.5) is 0 Å². The first-order chi connectivity index (χ1) is 10.8. The zero-order chi connectivity index (χ0) is 16.8. The fraction of sp³-hybridized carbons (Fsp3) is 0.286. The molecule has 3 rings (SSSR count). The third kappa shape index (κ3) is 3.19. The lowest BCUT2D eigenvalue weighted by molar-refractivity contribution is 0.0977. The molecule has 0 saturated heterocycles. The van der Waals surface area contributed by atoms with Crippen LogP contribution in [0, 0.1) is 6.92 Å². The van der Waals surface area contributed by atoms with Crippen molar-refractivity contribution in [2.24, 2.45) is 0 Å². The quantitative estimate of drug-likeness (QED) is 0.894. The Morgan fingerprint density at radius 2 is 2.22 bits per heavy atom. The standard InChI is InChI=1S/C14H13ClN2O4S2/c1-7-3-9-4-10(5-11(15)13(9)21-7)23(19,20)17-14(18)12-6-22-8(2)16-12/h4-7H,3H2,1-2H3,(H,17,18). The molecule has 122 valence electrons. The van der Waals surface area contributed by atoms with Crippen molar-refractivity contribution in [3.05, 3.63) is 38.8 Å². The number of halogens is 1. The van der Waals surface area contributed by atoms with E-state index in [9.17, 15) is 13.2 Å². The number of benzene rings is 1. The first-order valence-electron chi connectivity index (χ1n) is 6.74. The highest BCUT2D eigenvalue weighted by molar-refractivity contribution is 7.90. The first kappa shape index (κ1) is 16.2. The zero-order valence-electron chi connectivity index (χ0n) is 12.3. The minimum atomic E-state index is -4.03. The molecule has 1 unspecified atom stereocenters. The smallest absolute Gasteiger partial charge is 0.284 e. The van der Waals surface area contributed by atoms with Gasteiger partial charge in [0.05, 0.1) is 14.9 Å². The van der Waals surface area contributed by atoms with E-state index >= 15 is 0 Å². The lowest BCUT2D eigenvalue weighted by Gasteiger charge is -2.09. The van der Waals surface area contributed by atoms with E-state index < -0.39 is 15.9 Å². The molecule has 2 heterocycles. The van der Waals surface area contributed by atoms with Crippen molar-refractivity contribution in [1.82, 2.24) is 9.71 Å². The Morgan fingerprint density at radius 1 is 1.48 bits per heavy atom. The molecular weight excluding hydrogens is 360 g/mol. The van der Waals surface area contributed by atoms with Gasteiger partial charge in [-0.1, -0.05) is 11.6 Å². The van der Waals surface area contributed by atoms with Crippen LogP contribution in [-0.2, 0) is 16.4 Å². The third-order valence-electron chi connectivity index (χ3n) is 3.31. The Hall–Kier alpha value is -1.64. The van der Waals surface area contributed by atoms with Gasteiger partial charge in [0.2, 0.25) is 0 Å². The van der Waals surface area contributed by atoms with Gasteiger partial charge >= 0.3 is 0 Å². The van der Waals surface area contributed by atoms with Crippen LogP contribution in [0.2, 0.25) is 5.02 Å². The van der Waals surface area contributed by atoms with E-state index in [-0.39, 0.29) is 21.7 Å². The molecule has 0 fully saturated rings. The lowest BCUT2D eigenvalue weighted by Crippen LogP contribution is -2.30. The second-order valence-corrected chi connectivity index (χ2v) is 8.36. The Bertz CT molecular complexity index is 892. The van der Waals surface area contributed by atoms with E-state index in [0.717, 1.165) is 0 Å². The molecule has 23 heavy (non-hydrogen) atoms. The summed E-state index contributed by atoms with van der Waals surface area (Å²) < 4.78 is 32.3. The number of amides is 1. The van der Waals surface area contributed by atoms with Crippen LogP contribution in [0.1, 0.15) is 28.0 Å². The molecule has 0 spiro atoms. The molecule has 0 bridgehead atoms. The number of carbonyl (C=O) groups is 1. The van der Waals surface area contributed by atoms with Crippen molar-refractivity contribution in [3.63, 3.8) is 0 Å². The number of fused-ring (bicyclic) bond motifs is 1. The fourth-order valence-electron chi connectivity index (χ4n) is 2.32. The van der Waals surface area contributed by atoms with Crippen LogP contribution in [0.3, 0.4) is 0 Å². The minimum Gasteiger partial charge on any atom is -0.489 e. The molecule has 1 aliphatic heterocycles. The number of aromatic nitrogens is 1. The van der Waals surface area contributed by atoms with E-state index in [2.05, 4.69) is 4.98 Å². The van der Waals surface area contributed by atoms with Gasteiger partial charge in [-0.15, -0.1) is 11.3 Å². The molecule has 1 N–H and O–H groups in total. The number of rotatable bonds is 3. The van der Waals surface area contributed by atoms with Crippen molar-refractivity contribution >= 4 is 38.9 Å². The van der Waals surface area contributed by atoms with Gasteiger partial charge < -0.3 is 4.74 Å². The van der Waals surface area contributed by atoms with Crippen LogP contribution in [-0.4, -0.2) is 25.4 Å². The fourth-order valence-corrected chi connectivity index (χ4v) is 4.29. The van der Waals surface area contributed by atoms with Crippen molar-refractivity contribution < 1.29 is 17.9 Å². The van der Waals surface area contributed by atoms with E-state index in [1.165, 1.54) is 28.8 Å².